The molecular formula is C37H67BN2NaO11. The zero-order valence-corrected chi connectivity index (χ0v) is 33.7. The van der Waals surface area contributed by atoms with Crippen LogP contribution in [0.2, 0.25) is 0 Å². The largest absolute Gasteiger partial charge is 1.00 e. The quantitative estimate of drug-likeness (QED) is 0.159. The van der Waals surface area contributed by atoms with Gasteiger partial charge >= 0.3 is 53.4 Å². The van der Waals surface area contributed by atoms with Gasteiger partial charge in [0.15, 0.2) is 0 Å². The van der Waals surface area contributed by atoms with Gasteiger partial charge in [-0.05, 0) is 50.4 Å². The number of nitrogens with two attached hydrogens (primary N) is 1. The number of nitrogens with one attached hydrogen (secondary N) is 1. The van der Waals surface area contributed by atoms with E-state index in [0.717, 1.165) is 58.8 Å². The van der Waals surface area contributed by atoms with Crippen LogP contribution in [0, 0.1) is 11.8 Å². The van der Waals surface area contributed by atoms with Gasteiger partial charge in [0.25, 0.3) is 0 Å². The van der Waals surface area contributed by atoms with E-state index >= 15 is 0 Å². The summed E-state index contributed by atoms with van der Waals surface area (Å²) in [5.41, 5.74) is 5.45. The first-order valence-corrected chi connectivity index (χ1v) is 18.5. The average Bonchev–Trinajstić information content (AvgIpc) is 3.10. The predicted octanol–water partition coefficient (Wildman–Crippen LogP) is 3.52. The number of aliphatic carboxylic acids is 2. The Kier molecular flexibility index (Phi) is 36.3. The molecule has 5 N–H and O–H groups in total. The molecule has 3 radical (unpaired) electrons. The number of carbonyl (C=O) groups excluding carboxylic acids is 4. The summed E-state index contributed by atoms with van der Waals surface area (Å²) in [4.78, 5) is 69.1. The van der Waals surface area contributed by atoms with E-state index in [0.29, 0.717) is 30.1 Å². The molecule has 4 aliphatic carbocycles. The van der Waals surface area contributed by atoms with E-state index in [1.165, 1.54) is 96.8 Å². The van der Waals surface area contributed by atoms with Gasteiger partial charge in [-0.15, -0.1) is 0 Å². The molecule has 4 rings (SSSR count). The van der Waals surface area contributed by atoms with E-state index in [1.807, 2.05) is 0 Å². The van der Waals surface area contributed by atoms with Crippen molar-refractivity contribution in [2.24, 2.45) is 17.6 Å². The minimum Gasteiger partial charge on any atom is -0.793 e. The molecule has 0 unspecified atom stereocenters. The molecule has 0 aromatic heterocycles. The van der Waals surface area contributed by atoms with Gasteiger partial charge in [-0.2, -0.15) is 0 Å². The van der Waals surface area contributed by atoms with Crippen molar-refractivity contribution in [2.75, 3.05) is 0 Å². The summed E-state index contributed by atoms with van der Waals surface area (Å²) >= 11 is 0. The Morgan fingerprint density at radius 2 is 1.04 bits per heavy atom. The molecule has 15 heteroatoms. The number of carboxylic acids is 2. The second kappa shape index (κ2) is 34.8. The normalized spacial score (nSPS) is 18.6. The second-order valence-electron chi connectivity index (χ2n) is 13.7. The van der Waals surface area contributed by atoms with Crippen LogP contribution < -0.4 is 40.6 Å². The smallest absolute Gasteiger partial charge is 0.793 e. The maximum absolute atomic E-state index is 11.4. The first-order valence-electron chi connectivity index (χ1n) is 18.5. The van der Waals surface area contributed by atoms with Crippen LogP contribution in [0.15, 0.2) is 0 Å². The molecule has 52 heavy (non-hydrogen) atoms. The van der Waals surface area contributed by atoms with Gasteiger partial charge in [0.05, 0.1) is 0 Å². The van der Waals surface area contributed by atoms with Gasteiger partial charge in [0.2, 0.25) is 5.97 Å². The maximum Gasteiger partial charge on any atom is 1.00 e. The van der Waals surface area contributed by atoms with Gasteiger partial charge in [-0.25, -0.2) is 19.4 Å². The molecular weight excluding hydrogens is 682 g/mol. The summed E-state index contributed by atoms with van der Waals surface area (Å²) in [6.07, 6.45) is 25.4. The molecule has 0 aromatic carbocycles. The molecule has 2 atom stereocenters. The van der Waals surface area contributed by atoms with E-state index in [-0.39, 0.29) is 43.0 Å². The van der Waals surface area contributed by atoms with Crippen molar-refractivity contribution in [2.45, 2.75) is 188 Å². The Balaban J connectivity index is -0.000000617. The Morgan fingerprint density at radius 1 is 0.673 bits per heavy atom. The van der Waals surface area contributed by atoms with Crippen molar-refractivity contribution >= 4 is 43.7 Å². The molecule has 295 valence electrons. The molecule has 0 saturated heterocycles. The fourth-order valence-electron chi connectivity index (χ4n) is 6.50. The monoisotopic (exact) mass is 749 g/mol. The van der Waals surface area contributed by atoms with Crippen LogP contribution in [0.4, 0.5) is 0 Å². The summed E-state index contributed by atoms with van der Waals surface area (Å²) < 4.78 is 3.61. The van der Waals surface area contributed by atoms with Crippen LogP contribution in [0.1, 0.15) is 169 Å². The number of carbonyl (C=O) groups is 6. The van der Waals surface area contributed by atoms with Gasteiger partial charge in [-0.3, -0.25) is 19.2 Å². The van der Waals surface area contributed by atoms with Crippen molar-refractivity contribution in [3.63, 3.8) is 0 Å². The Labute approximate surface area is 335 Å². The summed E-state index contributed by atoms with van der Waals surface area (Å²) in [5, 5.41) is 21.4. The first kappa shape index (κ1) is 54.4. The standard InChI is InChI=1S/C15H27NO2.C9H17NO2.C6H10O.C4H6O4.C2H3BO2.CH4.Na/c17-15(18)14(11-12-7-3-1-4-8-12)16-13-9-5-2-6-10-13;10-8(9(11)12)6-7-4-2-1-3-5-7;7-6-4-2-1-3-5-6;1-3(5)7-8-4(2)6;1-2(4)5-3;;/h12-14,16H,1-11H2,(H,17,18);7-8H,1-6,10H2,(H,11,12);1-5H2;1-2H3;1H3;1H4;/q;;;;-1;;+1/t14-;8-;;;;;/m11...../s1. The summed E-state index contributed by atoms with van der Waals surface area (Å²) in [6.45, 7) is 3.52. The molecule has 0 aromatic rings. The minimum absolute atomic E-state index is 0. The maximum atomic E-state index is 11.4. The van der Waals surface area contributed by atoms with Crippen LogP contribution >= 0.6 is 0 Å². The molecule has 4 saturated carbocycles. The summed E-state index contributed by atoms with van der Waals surface area (Å²) in [7, 11) is 4.32. The Morgan fingerprint density at radius 3 is 1.35 bits per heavy atom. The van der Waals surface area contributed by atoms with Crippen molar-refractivity contribution in [3.8, 4) is 0 Å². The van der Waals surface area contributed by atoms with Gasteiger partial charge in [0, 0.05) is 39.7 Å². The SMILES string of the molecule is C.CC(=O)OOC(C)=O.N[C@H](CC1CCCCC1)C(=O)O.O=C(O)[C@@H](CC1CCCCC1)NC1CCCCC1.O=C1CCCCC1.[B-]OC(C)=O.[Na+]. The van der Waals surface area contributed by atoms with Gasteiger partial charge in [-0.1, -0.05) is 97.3 Å². The van der Waals surface area contributed by atoms with Gasteiger partial charge < -0.3 is 34.0 Å². The average molecular weight is 750 g/mol. The van der Waals surface area contributed by atoms with Crippen LogP contribution in [-0.2, 0) is 43.2 Å². The number of hydrogen-bond donors (Lipinski definition) is 4. The summed E-state index contributed by atoms with van der Waals surface area (Å²) in [6, 6.07) is -0.507. The van der Waals surface area contributed by atoms with Crippen LogP contribution in [-0.4, -0.2) is 72.0 Å². The Hall–Kier alpha value is -2.00. The molecule has 0 aliphatic heterocycles. The van der Waals surface area contributed by atoms with Crippen LogP contribution in [0.3, 0.4) is 0 Å². The number of ketones is 1. The topological polar surface area (TPSA) is 209 Å². The van der Waals surface area contributed by atoms with Crippen molar-refractivity contribution in [3.05, 3.63) is 0 Å². The summed E-state index contributed by atoms with van der Waals surface area (Å²) in [5.74, 6) is -1.59. The third-order valence-electron chi connectivity index (χ3n) is 9.12. The van der Waals surface area contributed by atoms with Crippen molar-refractivity contribution < 1.29 is 83.0 Å². The number of rotatable bonds is 8. The number of carboxylic acid groups (broad SMARTS) is 2. The first-order chi connectivity index (χ1) is 23.7. The van der Waals surface area contributed by atoms with E-state index in [2.05, 4.69) is 27.8 Å². The van der Waals surface area contributed by atoms with E-state index in [9.17, 15) is 33.9 Å². The zero-order chi connectivity index (χ0) is 37.7. The van der Waals surface area contributed by atoms with E-state index < -0.39 is 35.9 Å². The zero-order valence-electron chi connectivity index (χ0n) is 31.7. The van der Waals surface area contributed by atoms with Crippen molar-refractivity contribution in [1.29, 1.82) is 0 Å². The van der Waals surface area contributed by atoms with Crippen LogP contribution in [0.25, 0.3) is 0 Å². The molecule has 0 bridgehead atoms. The van der Waals surface area contributed by atoms with E-state index in [4.69, 9.17) is 10.8 Å². The fraction of sp³-hybridized carbons (Fsp3) is 0.838. The second-order valence-corrected chi connectivity index (χ2v) is 13.7. The molecule has 0 amide bonds. The third-order valence-corrected chi connectivity index (χ3v) is 9.12. The van der Waals surface area contributed by atoms with E-state index in [1.54, 1.807) is 0 Å². The molecule has 0 spiro atoms. The number of Topliss-reactive ketones (excluding diaryl/α,β-unsaturated/α-hetero) is 1. The molecule has 4 fully saturated rings. The number of hydrogen-bond acceptors (Lipinski definition) is 11. The fourth-order valence-corrected chi connectivity index (χ4v) is 6.50. The molecule has 13 nitrogen and oxygen atoms in total. The van der Waals surface area contributed by atoms with Gasteiger partial charge in [0.1, 0.15) is 17.9 Å². The molecule has 0 heterocycles. The van der Waals surface area contributed by atoms with Crippen molar-refractivity contribution in [1.82, 2.24) is 5.32 Å². The molecule has 4 aliphatic rings. The predicted molar refractivity (Wildman–Crippen MR) is 195 cm³/mol. The Bertz CT molecular complexity index is 945. The minimum atomic E-state index is -0.861. The van der Waals surface area contributed by atoms with Crippen LogP contribution in [0.5, 0.6) is 0 Å². The third kappa shape index (κ3) is 32.6.